The Morgan fingerprint density at radius 3 is 0.556 bits per heavy atom. The third-order valence-electron chi connectivity index (χ3n) is 21.0. The van der Waals surface area contributed by atoms with Crippen LogP contribution in [0.5, 0.6) is 0 Å². The second-order valence-electron chi connectivity index (χ2n) is 30.3. The molecular weight excluding hydrogens is 1090 g/mol. The monoisotopic (exact) mass is 1260 g/mol. The smallest absolute Gasteiger partial charge is 0.00891 e. The molecule has 3 nitrogen and oxygen atoms in total. The summed E-state index contributed by atoms with van der Waals surface area (Å²) in [6.07, 6.45) is 113. The average Bonchev–Trinajstić information content (AvgIpc) is 3.54. The van der Waals surface area contributed by atoms with Gasteiger partial charge in [0.2, 0.25) is 0 Å². The zero-order valence-corrected chi connectivity index (χ0v) is 63.9. The number of rotatable bonds is 76. The van der Waals surface area contributed by atoms with E-state index in [9.17, 15) is 0 Å². The normalized spacial score (nSPS) is 13.8. The van der Waals surface area contributed by atoms with Gasteiger partial charge in [-0.15, -0.1) is 0 Å². The van der Waals surface area contributed by atoms with E-state index in [2.05, 4.69) is 126 Å². The van der Waals surface area contributed by atoms with Gasteiger partial charge in [0.15, 0.2) is 0 Å². The molecule has 534 valence electrons. The van der Waals surface area contributed by atoms with Crippen molar-refractivity contribution in [2.45, 2.75) is 463 Å². The van der Waals surface area contributed by atoms with Crippen LogP contribution >= 0.6 is 0 Å². The van der Waals surface area contributed by atoms with Crippen molar-refractivity contribution in [3.63, 3.8) is 0 Å². The van der Waals surface area contributed by atoms with Crippen molar-refractivity contribution in [1.82, 2.24) is 14.7 Å². The van der Waals surface area contributed by atoms with Crippen LogP contribution < -0.4 is 0 Å². The van der Waals surface area contributed by atoms with Gasteiger partial charge >= 0.3 is 0 Å². The molecule has 0 rings (SSSR count). The predicted octanol–water partition coefficient (Wildman–Crippen LogP) is 29.4. The van der Waals surface area contributed by atoms with Crippen molar-refractivity contribution in [2.75, 3.05) is 42.3 Å². The molecule has 0 N–H and O–H groups in total. The maximum atomic E-state index is 2.56. The minimum Gasteiger partial charge on any atom is -0.306 e. The maximum Gasteiger partial charge on any atom is 0.00891 e. The fourth-order valence-corrected chi connectivity index (χ4v) is 14.4. The molecule has 0 aromatic rings. The highest BCUT2D eigenvalue weighted by Gasteiger charge is 2.15. The molecule has 0 aromatic heterocycles. The lowest BCUT2D eigenvalue weighted by Gasteiger charge is -2.24. The summed E-state index contributed by atoms with van der Waals surface area (Å²) in [6.45, 7) is 6.92. The average molecular weight is 1260 g/mol. The van der Waals surface area contributed by atoms with E-state index >= 15 is 0 Å². The third-order valence-corrected chi connectivity index (χ3v) is 21.0. The largest absolute Gasteiger partial charge is 0.306 e. The highest BCUT2D eigenvalue weighted by Crippen LogP contribution is 2.27. The standard InChI is InChI=1S/C87H171N3/c1-10-13-16-19-22-23-24-25-26-27-28-29-34-39-44-51-57-64-73-82-87(90(8)9)83-74-65-68-77-84(75-66-58-53-47-42-37-32-30-35-40-45-49-55-62-71-80-85(88(4)5)78-69-60-21-18-15-12-3)76-67-59-54-48-43-38-33-31-36-41-46-50-56-63-72-81-86(89(6)7)79-70-61-52-20-17-14-11-2/h22-23,25-26,30-31,35-36,84-87H,10-21,24,27-29,32-34,37-83H2,1-9H3/b23-22-,26-25-,35-30?,36-31?. The molecule has 0 fully saturated rings. The van der Waals surface area contributed by atoms with E-state index in [-0.39, 0.29) is 0 Å². The second-order valence-corrected chi connectivity index (χ2v) is 30.3. The van der Waals surface area contributed by atoms with Gasteiger partial charge in [-0.1, -0.05) is 371 Å². The summed E-state index contributed by atoms with van der Waals surface area (Å²) < 4.78 is 0. The maximum absolute atomic E-state index is 2.56. The van der Waals surface area contributed by atoms with Crippen LogP contribution in [0.25, 0.3) is 0 Å². The number of hydrogen-bond acceptors (Lipinski definition) is 3. The Morgan fingerprint density at radius 1 is 0.178 bits per heavy atom. The van der Waals surface area contributed by atoms with Crippen molar-refractivity contribution in [2.24, 2.45) is 5.92 Å². The predicted molar refractivity (Wildman–Crippen MR) is 414 cm³/mol. The van der Waals surface area contributed by atoms with E-state index in [0.29, 0.717) is 0 Å². The van der Waals surface area contributed by atoms with E-state index < -0.39 is 0 Å². The molecular formula is C87H171N3. The van der Waals surface area contributed by atoms with Crippen molar-refractivity contribution in [3.05, 3.63) is 48.6 Å². The number of allylic oxidation sites excluding steroid dienone is 8. The van der Waals surface area contributed by atoms with E-state index in [4.69, 9.17) is 0 Å². The number of nitrogens with zero attached hydrogens (tertiary/aromatic N) is 3. The minimum absolute atomic E-state index is 0.778. The zero-order valence-electron chi connectivity index (χ0n) is 63.9. The number of unbranched alkanes of at least 4 members (excludes halogenated alkanes) is 47. The molecule has 0 heterocycles. The quantitative estimate of drug-likeness (QED) is 0.0444. The summed E-state index contributed by atoms with van der Waals surface area (Å²) >= 11 is 0. The summed E-state index contributed by atoms with van der Waals surface area (Å²) in [4.78, 5) is 7.56. The molecule has 0 saturated carbocycles. The lowest BCUT2D eigenvalue weighted by Crippen LogP contribution is -2.27. The molecule has 0 spiro atoms. The molecule has 3 heteroatoms. The summed E-state index contributed by atoms with van der Waals surface area (Å²) in [5, 5.41) is 0. The van der Waals surface area contributed by atoms with Gasteiger partial charge in [-0.25, -0.2) is 0 Å². The molecule has 0 amide bonds. The van der Waals surface area contributed by atoms with Crippen LogP contribution in [0.1, 0.15) is 445 Å². The van der Waals surface area contributed by atoms with Crippen LogP contribution in [-0.4, -0.2) is 75.1 Å². The van der Waals surface area contributed by atoms with E-state index in [1.165, 1.54) is 417 Å². The summed E-state index contributed by atoms with van der Waals surface area (Å²) in [5.74, 6) is 0.972. The highest BCUT2D eigenvalue weighted by atomic mass is 15.1. The highest BCUT2D eigenvalue weighted by molar-refractivity contribution is 4.93. The topological polar surface area (TPSA) is 9.72 Å². The van der Waals surface area contributed by atoms with Crippen molar-refractivity contribution in [3.8, 4) is 0 Å². The van der Waals surface area contributed by atoms with Gasteiger partial charge in [0.05, 0.1) is 0 Å². The molecule has 0 radical (unpaired) electrons. The van der Waals surface area contributed by atoms with Gasteiger partial charge in [0.25, 0.3) is 0 Å². The van der Waals surface area contributed by atoms with Crippen molar-refractivity contribution < 1.29 is 0 Å². The van der Waals surface area contributed by atoms with Crippen molar-refractivity contribution in [1.29, 1.82) is 0 Å². The third kappa shape index (κ3) is 68.2. The van der Waals surface area contributed by atoms with Crippen LogP contribution in [0.15, 0.2) is 48.6 Å². The molecule has 0 aliphatic heterocycles. The van der Waals surface area contributed by atoms with E-state index in [0.717, 1.165) is 30.5 Å². The van der Waals surface area contributed by atoms with Crippen LogP contribution in [-0.2, 0) is 0 Å². The Balaban J connectivity index is 4.48. The summed E-state index contributed by atoms with van der Waals surface area (Å²) in [6, 6.07) is 2.37. The Hall–Kier alpha value is -1.16. The fraction of sp³-hybridized carbons (Fsp3) is 0.908. The first kappa shape index (κ1) is 88.8. The molecule has 90 heavy (non-hydrogen) atoms. The molecule has 4 unspecified atom stereocenters. The Labute approximate surface area is 571 Å². The zero-order chi connectivity index (χ0) is 65.4. The lowest BCUT2D eigenvalue weighted by molar-refractivity contribution is 0.250. The summed E-state index contributed by atoms with van der Waals surface area (Å²) in [5.41, 5.74) is 0. The van der Waals surface area contributed by atoms with Gasteiger partial charge in [0, 0.05) is 18.1 Å². The molecule has 0 aromatic carbocycles. The van der Waals surface area contributed by atoms with Crippen LogP contribution in [0.2, 0.25) is 0 Å². The van der Waals surface area contributed by atoms with Gasteiger partial charge in [-0.05, 0) is 170 Å². The molecule has 0 bridgehead atoms. The first-order chi connectivity index (χ1) is 44.3. The Bertz CT molecular complexity index is 1440. The van der Waals surface area contributed by atoms with E-state index in [1.54, 1.807) is 0 Å². The van der Waals surface area contributed by atoms with Crippen LogP contribution in [0.4, 0.5) is 0 Å². The molecule has 0 aliphatic rings. The van der Waals surface area contributed by atoms with Crippen LogP contribution in [0.3, 0.4) is 0 Å². The van der Waals surface area contributed by atoms with Crippen molar-refractivity contribution >= 4 is 0 Å². The molecule has 0 aliphatic carbocycles. The summed E-state index contributed by atoms with van der Waals surface area (Å²) in [7, 11) is 13.9. The fourth-order valence-electron chi connectivity index (χ4n) is 14.4. The van der Waals surface area contributed by atoms with E-state index in [1.807, 2.05) is 0 Å². The first-order valence-corrected chi connectivity index (χ1v) is 41.9. The minimum atomic E-state index is 0.778. The van der Waals surface area contributed by atoms with Gasteiger partial charge < -0.3 is 14.7 Å². The lowest BCUT2D eigenvalue weighted by atomic mass is 9.89. The van der Waals surface area contributed by atoms with Crippen LogP contribution in [0, 0.1) is 5.92 Å². The Kier molecular flexibility index (Phi) is 74.3. The van der Waals surface area contributed by atoms with Gasteiger partial charge in [0.1, 0.15) is 0 Å². The number of hydrogen-bond donors (Lipinski definition) is 0. The molecule has 4 atom stereocenters. The second kappa shape index (κ2) is 75.2. The SMILES string of the molecule is CCCCC/C=C\C/C=C\CCCCCCCCCCCC(CCCCCC(CCCCCCCCC=CCCCCCCCC(CCCCCCCC)N(C)C)CCCCCCCCC=CCCCCCCCC(CCCCCCCCC)N(C)C)N(C)C. The molecule has 0 saturated heterocycles. The van der Waals surface area contributed by atoms with Gasteiger partial charge in [-0.3, -0.25) is 0 Å². The Morgan fingerprint density at radius 2 is 0.333 bits per heavy atom. The van der Waals surface area contributed by atoms with Gasteiger partial charge in [-0.2, -0.15) is 0 Å². The first-order valence-electron chi connectivity index (χ1n) is 41.9.